The van der Waals surface area contributed by atoms with Crippen LogP contribution in [0, 0.1) is 5.92 Å². The summed E-state index contributed by atoms with van der Waals surface area (Å²) in [5.74, 6) is 1.97. The van der Waals surface area contributed by atoms with E-state index in [4.69, 9.17) is 0 Å². The number of hydrogen-bond acceptors (Lipinski definition) is 3. The molecule has 0 aliphatic carbocycles. The lowest BCUT2D eigenvalue weighted by Gasteiger charge is -2.26. The molecule has 0 spiro atoms. The van der Waals surface area contributed by atoms with Crippen LogP contribution in [-0.4, -0.2) is 44.0 Å². The number of rotatable bonds is 5. The summed E-state index contributed by atoms with van der Waals surface area (Å²) < 4.78 is 0. The van der Waals surface area contributed by atoms with Gasteiger partial charge in [-0.2, -0.15) is 0 Å². The Balaban J connectivity index is 2.44. The van der Waals surface area contributed by atoms with Gasteiger partial charge in [-0.3, -0.25) is 4.99 Å². The number of aliphatic imine (C=N–C) groups is 1. The van der Waals surface area contributed by atoms with Gasteiger partial charge in [0.15, 0.2) is 0 Å². The van der Waals surface area contributed by atoms with Crippen molar-refractivity contribution in [1.29, 1.82) is 0 Å². The van der Waals surface area contributed by atoms with E-state index in [1.54, 1.807) is 0 Å². The number of likely N-dealkylation sites (N-methyl/N-ethyl adjacent to an activating group) is 1. The molecule has 1 N–H and O–H groups in total. The van der Waals surface area contributed by atoms with Gasteiger partial charge in [0.2, 0.25) is 0 Å². The molecule has 0 saturated heterocycles. The van der Waals surface area contributed by atoms with Crippen LogP contribution in [0.3, 0.4) is 0 Å². The summed E-state index contributed by atoms with van der Waals surface area (Å²) in [6.07, 6.45) is 4.91. The van der Waals surface area contributed by atoms with Gasteiger partial charge in [0.1, 0.15) is 0 Å². The second-order valence-corrected chi connectivity index (χ2v) is 5.52. The van der Waals surface area contributed by atoms with Crippen LogP contribution in [0.5, 0.6) is 0 Å². The lowest BCUT2D eigenvalue weighted by molar-refractivity contribution is 0.326. The van der Waals surface area contributed by atoms with E-state index >= 15 is 0 Å². The summed E-state index contributed by atoms with van der Waals surface area (Å²) in [4.78, 5) is 6.82. The van der Waals surface area contributed by atoms with Gasteiger partial charge < -0.3 is 10.2 Å². The van der Waals surface area contributed by atoms with Crippen LogP contribution in [0.4, 0.5) is 0 Å². The summed E-state index contributed by atoms with van der Waals surface area (Å²) in [7, 11) is 4.27. The minimum Gasteiger partial charge on any atom is -0.370 e. The quantitative estimate of drug-likeness (QED) is 0.776. The van der Waals surface area contributed by atoms with Crippen LogP contribution in [0.15, 0.2) is 4.99 Å². The number of hydrogen-bond donors (Lipinski definition) is 1. The lowest BCUT2D eigenvalue weighted by Crippen LogP contribution is -2.43. The van der Waals surface area contributed by atoms with Crippen LogP contribution >= 0.6 is 0 Å². The SMILES string of the molecule is CC(C)CC(CN(C)C)NC1=NCCCC1. The molecule has 1 heterocycles. The van der Waals surface area contributed by atoms with Crippen molar-refractivity contribution in [3.63, 3.8) is 0 Å². The van der Waals surface area contributed by atoms with E-state index in [1.807, 2.05) is 0 Å². The van der Waals surface area contributed by atoms with Crippen LogP contribution < -0.4 is 5.32 Å². The maximum Gasteiger partial charge on any atom is 0.0965 e. The van der Waals surface area contributed by atoms with Crippen molar-refractivity contribution in [2.75, 3.05) is 27.2 Å². The van der Waals surface area contributed by atoms with E-state index in [2.05, 4.69) is 43.2 Å². The van der Waals surface area contributed by atoms with Crippen LogP contribution in [-0.2, 0) is 0 Å². The normalized spacial score (nSPS) is 18.8. The maximum atomic E-state index is 4.57. The van der Waals surface area contributed by atoms with E-state index < -0.39 is 0 Å². The highest BCUT2D eigenvalue weighted by Crippen LogP contribution is 2.09. The molecule has 0 aromatic heterocycles. The van der Waals surface area contributed by atoms with Crippen molar-refractivity contribution in [3.05, 3.63) is 0 Å². The fourth-order valence-electron chi connectivity index (χ4n) is 2.24. The molecule has 0 aromatic rings. The van der Waals surface area contributed by atoms with Crippen LogP contribution in [0.2, 0.25) is 0 Å². The van der Waals surface area contributed by atoms with Crippen molar-refractivity contribution in [2.24, 2.45) is 10.9 Å². The van der Waals surface area contributed by atoms with Gasteiger partial charge in [0.25, 0.3) is 0 Å². The Labute approximate surface area is 100 Å². The fourth-order valence-corrected chi connectivity index (χ4v) is 2.24. The van der Waals surface area contributed by atoms with Gasteiger partial charge >= 0.3 is 0 Å². The maximum absolute atomic E-state index is 4.57. The highest BCUT2D eigenvalue weighted by Gasteiger charge is 2.14. The van der Waals surface area contributed by atoms with Gasteiger partial charge in [-0.25, -0.2) is 0 Å². The molecule has 3 heteroatoms. The zero-order valence-electron chi connectivity index (χ0n) is 11.3. The third kappa shape index (κ3) is 5.50. The third-order valence-electron chi connectivity index (χ3n) is 2.84. The number of nitrogens with one attached hydrogen (secondary N) is 1. The monoisotopic (exact) mass is 225 g/mol. The minimum atomic E-state index is 0.548. The molecular formula is C13H27N3. The predicted molar refractivity (Wildman–Crippen MR) is 71.1 cm³/mol. The molecular weight excluding hydrogens is 198 g/mol. The predicted octanol–water partition coefficient (Wildman–Crippen LogP) is 2.13. The highest BCUT2D eigenvalue weighted by atomic mass is 15.1. The van der Waals surface area contributed by atoms with Crippen molar-refractivity contribution in [2.45, 2.75) is 45.6 Å². The summed E-state index contributed by atoms with van der Waals surface area (Å²) in [5, 5.41) is 3.63. The Kier molecular flexibility index (Phi) is 5.81. The molecule has 1 rings (SSSR count). The summed E-state index contributed by atoms with van der Waals surface area (Å²) >= 11 is 0. The van der Waals surface area contributed by atoms with E-state index in [0.29, 0.717) is 6.04 Å². The average Bonchev–Trinajstić information content (AvgIpc) is 2.16. The first-order valence-electron chi connectivity index (χ1n) is 6.52. The van der Waals surface area contributed by atoms with Crippen LogP contribution in [0.1, 0.15) is 39.5 Å². The Morgan fingerprint density at radius 3 is 2.56 bits per heavy atom. The molecule has 94 valence electrons. The average molecular weight is 225 g/mol. The lowest BCUT2D eigenvalue weighted by atomic mass is 10.0. The molecule has 0 amide bonds. The molecule has 1 atom stereocenters. The molecule has 16 heavy (non-hydrogen) atoms. The zero-order valence-corrected chi connectivity index (χ0v) is 11.3. The summed E-state index contributed by atoms with van der Waals surface area (Å²) in [6, 6.07) is 0.548. The van der Waals surface area contributed by atoms with Crippen LogP contribution in [0.25, 0.3) is 0 Å². The first-order chi connectivity index (χ1) is 7.58. The standard InChI is InChI=1S/C13H27N3/c1-11(2)9-12(10-16(3)4)15-13-7-5-6-8-14-13/h11-12H,5-10H2,1-4H3,(H,14,15). The van der Waals surface area contributed by atoms with Gasteiger partial charge in [0, 0.05) is 25.6 Å². The topological polar surface area (TPSA) is 27.6 Å². The zero-order chi connectivity index (χ0) is 12.0. The first kappa shape index (κ1) is 13.5. The van der Waals surface area contributed by atoms with E-state index in [9.17, 15) is 0 Å². The van der Waals surface area contributed by atoms with E-state index in [-0.39, 0.29) is 0 Å². The van der Waals surface area contributed by atoms with Gasteiger partial charge in [-0.05, 0) is 39.3 Å². The molecule has 0 aromatic carbocycles. The van der Waals surface area contributed by atoms with Crippen molar-refractivity contribution in [3.8, 4) is 0 Å². The number of nitrogens with zero attached hydrogens (tertiary/aromatic N) is 2. The molecule has 0 saturated carbocycles. The first-order valence-corrected chi connectivity index (χ1v) is 6.52. The number of amidine groups is 1. The molecule has 1 unspecified atom stereocenters. The molecule has 0 fully saturated rings. The largest absolute Gasteiger partial charge is 0.370 e. The summed E-state index contributed by atoms with van der Waals surface area (Å²) in [5.41, 5.74) is 0. The second-order valence-electron chi connectivity index (χ2n) is 5.52. The smallest absolute Gasteiger partial charge is 0.0965 e. The van der Waals surface area contributed by atoms with Crippen molar-refractivity contribution in [1.82, 2.24) is 10.2 Å². The molecule has 0 radical (unpaired) electrons. The van der Waals surface area contributed by atoms with Gasteiger partial charge in [-0.1, -0.05) is 13.8 Å². The fraction of sp³-hybridized carbons (Fsp3) is 0.923. The molecule has 1 aliphatic rings. The van der Waals surface area contributed by atoms with Gasteiger partial charge in [0.05, 0.1) is 5.84 Å². The molecule has 0 bridgehead atoms. The highest BCUT2D eigenvalue weighted by molar-refractivity contribution is 5.82. The van der Waals surface area contributed by atoms with Crippen molar-refractivity contribution < 1.29 is 0 Å². The second kappa shape index (κ2) is 6.89. The molecule has 3 nitrogen and oxygen atoms in total. The molecule has 1 aliphatic heterocycles. The van der Waals surface area contributed by atoms with E-state index in [1.165, 1.54) is 25.1 Å². The minimum absolute atomic E-state index is 0.548. The summed E-state index contributed by atoms with van der Waals surface area (Å²) in [6.45, 7) is 6.68. The van der Waals surface area contributed by atoms with Crippen molar-refractivity contribution >= 4 is 5.84 Å². The Morgan fingerprint density at radius 2 is 2.06 bits per heavy atom. The van der Waals surface area contributed by atoms with E-state index in [0.717, 1.165) is 25.4 Å². The third-order valence-corrected chi connectivity index (χ3v) is 2.84. The Bertz CT molecular complexity index is 211. The Morgan fingerprint density at radius 1 is 1.31 bits per heavy atom. The van der Waals surface area contributed by atoms with Gasteiger partial charge in [-0.15, -0.1) is 0 Å². The Hall–Kier alpha value is -0.570.